The Morgan fingerprint density at radius 2 is 1.86 bits per heavy atom. The highest BCUT2D eigenvalue weighted by Gasteiger charge is 2.15. The molecule has 6 aromatic rings. The van der Waals surface area contributed by atoms with E-state index in [1.54, 1.807) is 0 Å². The highest BCUT2D eigenvalue weighted by atomic mass is 32.1. The van der Waals surface area contributed by atoms with Gasteiger partial charge in [0.05, 0.1) is 17.4 Å². The fraction of sp³-hybridized carbons (Fsp3) is 0.0435. The zero-order valence-corrected chi connectivity index (χ0v) is 16.5. The fourth-order valence-corrected chi connectivity index (χ4v) is 4.79. The molecule has 0 unspecified atom stereocenters. The number of aromatic amines is 3. The molecule has 5 nitrogen and oxygen atoms in total. The predicted octanol–water partition coefficient (Wildman–Crippen LogP) is 6.14. The average molecular weight is 395 g/mol. The Bertz CT molecular complexity index is 1470. The van der Waals surface area contributed by atoms with Crippen molar-refractivity contribution in [3.8, 4) is 33.0 Å². The zero-order valence-electron chi connectivity index (χ0n) is 15.7. The number of aromatic nitrogens is 5. The van der Waals surface area contributed by atoms with Gasteiger partial charge in [-0.1, -0.05) is 18.2 Å². The van der Waals surface area contributed by atoms with E-state index in [1.165, 1.54) is 20.7 Å². The van der Waals surface area contributed by atoms with Crippen LogP contribution >= 0.6 is 11.3 Å². The van der Waals surface area contributed by atoms with Crippen LogP contribution in [0.1, 0.15) is 4.88 Å². The number of hydrogen-bond donors (Lipinski definition) is 3. The lowest BCUT2D eigenvalue weighted by Crippen LogP contribution is -1.79. The minimum absolute atomic E-state index is 0.926. The predicted molar refractivity (Wildman–Crippen MR) is 119 cm³/mol. The van der Waals surface area contributed by atoms with Gasteiger partial charge in [0.15, 0.2) is 0 Å². The third-order valence-electron chi connectivity index (χ3n) is 5.32. The standard InChI is InChI=1S/C23H17N5S/c1-13-5-8-22(29-13)16-3-2-4-19-17(16)10-21(26-19)23-18-9-14(15-11-24-25-12-15)6-7-20(18)27-28-23/h2-12,26H,1H3,(H,24,25)(H,27,28). The van der Waals surface area contributed by atoms with Crippen LogP contribution in [0, 0.1) is 6.92 Å². The Hall–Kier alpha value is -3.64. The van der Waals surface area contributed by atoms with Gasteiger partial charge in [0.1, 0.15) is 5.69 Å². The van der Waals surface area contributed by atoms with Crippen molar-refractivity contribution < 1.29 is 0 Å². The summed E-state index contributed by atoms with van der Waals surface area (Å²) in [6, 6.07) is 19.3. The summed E-state index contributed by atoms with van der Waals surface area (Å²) in [6.45, 7) is 2.14. The van der Waals surface area contributed by atoms with Crippen molar-refractivity contribution in [3.05, 3.63) is 71.9 Å². The maximum Gasteiger partial charge on any atom is 0.116 e. The van der Waals surface area contributed by atoms with Gasteiger partial charge in [0.25, 0.3) is 0 Å². The minimum Gasteiger partial charge on any atom is -0.353 e. The highest BCUT2D eigenvalue weighted by molar-refractivity contribution is 7.15. The van der Waals surface area contributed by atoms with E-state index in [9.17, 15) is 0 Å². The van der Waals surface area contributed by atoms with Gasteiger partial charge in [0, 0.05) is 43.4 Å². The lowest BCUT2D eigenvalue weighted by atomic mass is 10.0. The van der Waals surface area contributed by atoms with Crippen LogP contribution in [-0.2, 0) is 0 Å². The number of nitrogens with one attached hydrogen (secondary N) is 3. The molecule has 0 atom stereocenters. The van der Waals surface area contributed by atoms with E-state index in [-0.39, 0.29) is 0 Å². The summed E-state index contributed by atoms with van der Waals surface area (Å²) in [7, 11) is 0. The van der Waals surface area contributed by atoms with Gasteiger partial charge in [-0.05, 0) is 48.9 Å². The van der Waals surface area contributed by atoms with Crippen molar-refractivity contribution in [1.82, 2.24) is 25.4 Å². The first-order valence-corrected chi connectivity index (χ1v) is 10.2. The van der Waals surface area contributed by atoms with Crippen LogP contribution in [0.15, 0.2) is 67.0 Å². The van der Waals surface area contributed by atoms with Gasteiger partial charge in [0.2, 0.25) is 0 Å². The van der Waals surface area contributed by atoms with Gasteiger partial charge in [-0.3, -0.25) is 10.2 Å². The molecule has 6 heteroatoms. The zero-order chi connectivity index (χ0) is 19.4. The van der Waals surface area contributed by atoms with E-state index in [2.05, 4.69) is 86.9 Å². The second-order valence-corrected chi connectivity index (χ2v) is 8.47. The van der Waals surface area contributed by atoms with Gasteiger partial charge in [-0.15, -0.1) is 11.3 Å². The number of H-pyrrole nitrogens is 3. The van der Waals surface area contributed by atoms with Crippen molar-refractivity contribution in [1.29, 1.82) is 0 Å². The molecule has 0 bridgehead atoms. The maximum atomic E-state index is 4.61. The van der Waals surface area contributed by atoms with Crippen molar-refractivity contribution in [3.63, 3.8) is 0 Å². The number of hydrogen-bond acceptors (Lipinski definition) is 3. The normalized spacial score (nSPS) is 11.6. The second kappa shape index (κ2) is 6.18. The molecule has 4 heterocycles. The Kier molecular flexibility index (Phi) is 3.48. The van der Waals surface area contributed by atoms with Crippen LogP contribution in [0.5, 0.6) is 0 Å². The number of benzene rings is 2. The van der Waals surface area contributed by atoms with Gasteiger partial charge < -0.3 is 4.98 Å². The number of aryl methyl sites for hydroxylation is 1. The molecule has 3 N–H and O–H groups in total. The molecule has 140 valence electrons. The largest absolute Gasteiger partial charge is 0.353 e. The van der Waals surface area contributed by atoms with Gasteiger partial charge in [-0.2, -0.15) is 10.2 Å². The van der Waals surface area contributed by atoms with Crippen LogP contribution in [0.25, 0.3) is 54.8 Å². The highest BCUT2D eigenvalue weighted by Crippen LogP contribution is 2.37. The number of rotatable bonds is 3. The molecular formula is C23H17N5S. The first kappa shape index (κ1) is 16.3. The molecule has 0 saturated carbocycles. The molecule has 29 heavy (non-hydrogen) atoms. The summed E-state index contributed by atoms with van der Waals surface area (Å²) in [4.78, 5) is 6.17. The van der Waals surface area contributed by atoms with Crippen LogP contribution in [-0.4, -0.2) is 25.4 Å². The van der Waals surface area contributed by atoms with Crippen LogP contribution in [0.4, 0.5) is 0 Å². The van der Waals surface area contributed by atoms with E-state index in [0.717, 1.165) is 38.9 Å². The van der Waals surface area contributed by atoms with Crippen molar-refractivity contribution >= 4 is 33.1 Å². The molecule has 0 aliphatic rings. The molecule has 0 aliphatic heterocycles. The Balaban J connectivity index is 1.53. The summed E-state index contributed by atoms with van der Waals surface area (Å²) < 4.78 is 0. The first-order valence-electron chi connectivity index (χ1n) is 9.42. The molecule has 0 amide bonds. The third kappa shape index (κ3) is 2.61. The molecular weight excluding hydrogens is 378 g/mol. The summed E-state index contributed by atoms with van der Waals surface area (Å²) in [6.07, 6.45) is 3.73. The average Bonchev–Trinajstić information content (AvgIpc) is 3.51. The Morgan fingerprint density at radius 1 is 0.897 bits per heavy atom. The smallest absolute Gasteiger partial charge is 0.116 e. The summed E-state index contributed by atoms with van der Waals surface area (Å²) in [5, 5.41) is 17.0. The number of thiophene rings is 1. The third-order valence-corrected chi connectivity index (χ3v) is 6.35. The van der Waals surface area contributed by atoms with E-state index in [1.807, 2.05) is 23.7 Å². The number of fused-ring (bicyclic) bond motifs is 2. The number of nitrogens with zero attached hydrogens (tertiary/aromatic N) is 2. The van der Waals surface area contributed by atoms with E-state index >= 15 is 0 Å². The quantitative estimate of drug-likeness (QED) is 0.337. The topological polar surface area (TPSA) is 73.2 Å². The van der Waals surface area contributed by atoms with Gasteiger partial charge in [-0.25, -0.2) is 0 Å². The SMILES string of the molecule is Cc1ccc(-c2cccc3[nH]c(-c4n[nH]c5ccc(-c6cn[nH]c6)cc45)cc23)s1. The molecule has 0 saturated heterocycles. The van der Waals surface area contributed by atoms with Crippen LogP contribution < -0.4 is 0 Å². The molecule has 0 radical (unpaired) electrons. The summed E-state index contributed by atoms with van der Waals surface area (Å²) in [5.74, 6) is 0. The fourth-order valence-electron chi connectivity index (χ4n) is 3.88. The summed E-state index contributed by atoms with van der Waals surface area (Å²) >= 11 is 1.82. The molecule has 2 aromatic carbocycles. The summed E-state index contributed by atoms with van der Waals surface area (Å²) in [5.41, 5.74) is 7.49. The van der Waals surface area contributed by atoms with E-state index < -0.39 is 0 Å². The maximum absolute atomic E-state index is 4.61. The van der Waals surface area contributed by atoms with E-state index in [0.29, 0.717) is 0 Å². The lowest BCUT2D eigenvalue weighted by Gasteiger charge is -1.99. The Morgan fingerprint density at radius 3 is 2.69 bits per heavy atom. The molecule has 0 spiro atoms. The first-order chi connectivity index (χ1) is 14.3. The van der Waals surface area contributed by atoms with Crippen molar-refractivity contribution in [2.45, 2.75) is 6.92 Å². The van der Waals surface area contributed by atoms with Crippen LogP contribution in [0.3, 0.4) is 0 Å². The molecule has 4 aromatic heterocycles. The minimum atomic E-state index is 0.926. The molecule has 0 aliphatic carbocycles. The van der Waals surface area contributed by atoms with Crippen molar-refractivity contribution in [2.24, 2.45) is 0 Å². The monoisotopic (exact) mass is 395 g/mol. The van der Waals surface area contributed by atoms with Crippen LogP contribution in [0.2, 0.25) is 0 Å². The Labute approximate surface area is 170 Å². The second-order valence-electron chi connectivity index (χ2n) is 7.18. The molecule has 6 rings (SSSR count). The van der Waals surface area contributed by atoms with Crippen molar-refractivity contribution in [2.75, 3.05) is 0 Å². The van der Waals surface area contributed by atoms with E-state index in [4.69, 9.17) is 0 Å². The van der Waals surface area contributed by atoms with Gasteiger partial charge >= 0.3 is 0 Å². The molecule has 0 fully saturated rings. The lowest BCUT2D eigenvalue weighted by molar-refractivity contribution is 1.09.